The smallest absolute Gasteiger partial charge is 0.165 e. The lowest BCUT2D eigenvalue weighted by Gasteiger charge is -2.31. The number of nitrogens with zero attached hydrogens (tertiary/aromatic N) is 2. The molecule has 0 saturated carbocycles. The van der Waals surface area contributed by atoms with Crippen molar-refractivity contribution in [3.8, 4) is 5.75 Å². The van der Waals surface area contributed by atoms with Crippen LogP contribution in [0.5, 0.6) is 5.75 Å². The molecule has 106 valence electrons. The standard InChI is InChI=1S/C14H22FN3O/c1-17(11-18-7-5-16-6-8-18)10-12-3-4-14(19-2)13(15)9-12/h3-4,9,16H,5-8,10-11H2,1-2H3. The highest BCUT2D eigenvalue weighted by Gasteiger charge is 2.12. The van der Waals surface area contributed by atoms with E-state index in [4.69, 9.17) is 4.74 Å². The minimum atomic E-state index is -0.296. The molecule has 1 aliphatic rings. The van der Waals surface area contributed by atoms with Gasteiger partial charge in [-0.1, -0.05) is 6.07 Å². The van der Waals surface area contributed by atoms with Crippen molar-refractivity contribution < 1.29 is 9.13 Å². The third-order valence-electron chi connectivity index (χ3n) is 3.32. The average Bonchev–Trinajstić information content (AvgIpc) is 2.40. The highest BCUT2D eigenvalue weighted by Crippen LogP contribution is 2.18. The molecule has 4 nitrogen and oxygen atoms in total. The van der Waals surface area contributed by atoms with E-state index in [1.807, 2.05) is 6.07 Å². The molecule has 1 aromatic carbocycles. The second kappa shape index (κ2) is 6.84. The van der Waals surface area contributed by atoms with Crippen molar-refractivity contribution in [1.29, 1.82) is 0 Å². The van der Waals surface area contributed by atoms with Crippen molar-refractivity contribution in [3.63, 3.8) is 0 Å². The Morgan fingerprint density at radius 1 is 1.37 bits per heavy atom. The average molecular weight is 267 g/mol. The van der Waals surface area contributed by atoms with Gasteiger partial charge in [-0.25, -0.2) is 4.39 Å². The molecule has 1 aromatic rings. The van der Waals surface area contributed by atoms with Crippen LogP contribution in [-0.4, -0.2) is 56.8 Å². The molecule has 0 aromatic heterocycles. The van der Waals surface area contributed by atoms with E-state index in [0.29, 0.717) is 5.75 Å². The van der Waals surface area contributed by atoms with E-state index in [0.717, 1.165) is 45.0 Å². The van der Waals surface area contributed by atoms with E-state index >= 15 is 0 Å². The van der Waals surface area contributed by atoms with E-state index in [1.54, 1.807) is 12.1 Å². The minimum Gasteiger partial charge on any atom is -0.494 e. The highest BCUT2D eigenvalue weighted by molar-refractivity contribution is 5.29. The van der Waals surface area contributed by atoms with Crippen LogP contribution >= 0.6 is 0 Å². The molecule has 1 fully saturated rings. The zero-order chi connectivity index (χ0) is 13.7. The maximum atomic E-state index is 13.6. The number of ether oxygens (including phenoxy) is 1. The van der Waals surface area contributed by atoms with E-state index in [1.165, 1.54) is 7.11 Å². The van der Waals surface area contributed by atoms with Crippen LogP contribution in [0, 0.1) is 5.82 Å². The number of rotatable bonds is 5. The number of methoxy groups -OCH3 is 1. The van der Waals surface area contributed by atoms with Crippen molar-refractivity contribution >= 4 is 0 Å². The van der Waals surface area contributed by atoms with Gasteiger partial charge in [-0.15, -0.1) is 0 Å². The third kappa shape index (κ3) is 4.16. The van der Waals surface area contributed by atoms with Gasteiger partial charge in [0.15, 0.2) is 11.6 Å². The fourth-order valence-corrected chi connectivity index (χ4v) is 2.36. The van der Waals surface area contributed by atoms with E-state index in [-0.39, 0.29) is 5.82 Å². The van der Waals surface area contributed by atoms with Crippen molar-refractivity contribution in [3.05, 3.63) is 29.6 Å². The molecule has 5 heteroatoms. The molecular weight excluding hydrogens is 245 g/mol. The normalized spacial score (nSPS) is 16.8. The van der Waals surface area contributed by atoms with Gasteiger partial charge in [0, 0.05) is 32.7 Å². The molecule has 1 N–H and O–H groups in total. The van der Waals surface area contributed by atoms with Gasteiger partial charge in [0.1, 0.15) is 0 Å². The lowest BCUT2D eigenvalue weighted by atomic mass is 10.2. The van der Waals surface area contributed by atoms with Gasteiger partial charge in [-0.05, 0) is 24.7 Å². The minimum absolute atomic E-state index is 0.296. The summed E-state index contributed by atoms with van der Waals surface area (Å²) in [6, 6.07) is 5.15. The van der Waals surface area contributed by atoms with Gasteiger partial charge in [-0.2, -0.15) is 0 Å². The van der Waals surface area contributed by atoms with Crippen molar-refractivity contribution in [2.75, 3.05) is 47.0 Å². The van der Waals surface area contributed by atoms with Crippen LogP contribution in [0.15, 0.2) is 18.2 Å². The maximum absolute atomic E-state index is 13.6. The fraction of sp³-hybridized carbons (Fsp3) is 0.571. The Morgan fingerprint density at radius 3 is 2.74 bits per heavy atom. The lowest BCUT2D eigenvalue weighted by Crippen LogP contribution is -2.47. The third-order valence-corrected chi connectivity index (χ3v) is 3.32. The zero-order valence-electron chi connectivity index (χ0n) is 11.7. The van der Waals surface area contributed by atoms with Crippen molar-refractivity contribution in [1.82, 2.24) is 15.1 Å². The number of hydrogen-bond acceptors (Lipinski definition) is 4. The highest BCUT2D eigenvalue weighted by atomic mass is 19.1. The molecule has 0 spiro atoms. The Bertz CT molecular complexity index is 408. The first-order valence-electron chi connectivity index (χ1n) is 6.63. The van der Waals surface area contributed by atoms with Crippen LogP contribution in [0.2, 0.25) is 0 Å². The molecule has 0 radical (unpaired) electrons. The van der Waals surface area contributed by atoms with Gasteiger partial charge in [0.05, 0.1) is 13.8 Å². The molecule has 2 rings (SSSR count). The molecule has 0 aliphatic carbocycles. The Morgan fingerprint density at radius 2 is 2.11 bits per heavy atom. The largest absolute Gasteiger partial charge is 0.494 e. The molecule has 0 amide bonds. The topological polar surface area (TPSA) is 27.7 Å². The van der Waals surface area contributed by atoms with Crippen molar-refractivity contribution in [2.24, 2.45) is 0 Å². The second-order valence-electron chi connectivity index (χ2n) is 4.99. The number of piperazine rings is 1. The summed E-state index contributed by atoms with van der Waals surface area (Å²) >= 11 is 0. The summed E-state index contributed by atoms with van der Waals surface area (Å²) in [5, 5.41) is 3.33. The van der Waals surface area contributed by atoms with E-state index in [9.17, 15) is 4.39 Å². The van der Waals surface area contributed by atoms with Gasteiger partial charge >= 0.3 is 0 Å². The first-order chi connectivity index (χ1) is 9.19. The molecule has 1 aliphatic heterocycles. The monoisotopic (exact) mass is 267 g/mol. The summed E-state index contributed by atoms with van der Waals surface area (Å²) in [6.45, 7) is 5.89. The molecular formula is C14H22FN3O. The molecule has 19 heavy (non-hydrogen) atoms. The Balaban J connectivity index is 1.87. The van der Waals surface area contributed by atoms with Crippen LogP contribution in [0.4, 0.5) is 4.39 Å². The number of halogens is 1. The van der Waals surface area contributed by atoms with Crippen LogP contribution in [0.1, 0.15) is 5.56 Å². The molecule has 0 bridgehead atoms. The Kier molecular flexibility index (Phi) is 5.13. The lowest BCUT2D eigenvalue weighted by molar-refractivity contribution is 0.135. The summed E-state index contributed by atoms with van der Waals surface area (Å²) in [5.41, 5.74) is 0.968. The van der Waals surface area contributed by atoms with E-state index in [2.05, 4.69) is 22.2 Å². The Labute approximate surface area is 114 Å². The zero-order valence-corrected chi connectivity index (χ0v) is 11.7. The predicted molar refractivity (Wildman–Crippen MR) is 73.7 cm³/mol. The second-order valence-corrected chi connectivity index (χ2v) is 4.99. The quantitative estimate of drug-likeness (QED) is 0.865. The first-order valence-corrected chi connectivity index (χ1v) is 6.63. The fourth-order valence-electron chi connectivity index (χ4n) is 2.36. The molecule has 0 unspecified atom stereocenters. The molecule has 1 heterocycles. The number of nitrogens with one attached hydrogen (secondary N) is 1. The molecule has 0 atom stereocenters. The van der Waals surface area contributed by atoms with Crippen molar-refractivity contribution in [2.45, 2.75) is 6.54 Å². The van der Waals surface area contributed by atoms with Gasteiger partial charge < -0.3 is 10.1 Å². The predicted octanol–water partition coefficient (Wildman–Crippen LogP) is 1.13. The first kappa shape index (κ1) is 14.2. The maximum Gasteiger partial charge on any atom is 0.165 e. The van der Waals surface area contributed by atoms with Crippen LogP contribution in [0.3, 0.4) is 0 Å². The summed E-state index contributed by atoms with van der Waals surface area (Å²) < 4.78 is 18.5. The van der Waals surface area contributed by atoms with Crippen LogP contribution in [0.25, 0.3) is 0 Å². The SMILES string of the molecule is COc1ccc(CN(C)CN2CCNCC2)cc1F. The molecule has 1 saturated heterocycles. The summed E-state index contributed by atoms with van der Waals surface area (Å²) in [5.74, 6) is 0.00378. The van der Waals surface area contributed by atoms with Gasteiger partial charge in [0.2, 0.25) is 0 Å². The number of benzene rings is 1. The summed E-state index contributed by atoms with van der Waals surface area (Å²) in [6.07, 6.45) is 0. The summed E-state index contributed by atoms with van der Waals surface area (Å²) in [7, 11) is 3.54. The van der Waals surface area contributed by atoms with Gasteiger partial charge in [-0.3, -0.25) is 9.80 Å². The van der Waals surface area contributed by atoms with Crippen LogP contribution < -0.4 is 10.1 Å². The number of hydrogen-bond donors (Lipinski definition) is 1. The Hall–Kier alpha value is -1.17. The summed E-state index contributed by atoms with van der Waals surface area (Å²) in [4.78, 5) is 4.60. The van der Waals surface area contributed by atoms with Gasteiger partial charge in [0.25, 0.3) is 0 Å². The van der Waals surface area contributed by atoms with Crippen LogP contribution in [-0.2, 0) is 6.54 Å². The van der Waals surface area contributed by atoms with E-state index < -0.39 is 0 Å².